The lowest BCUT2D eigenvalue weighted by Crippen LogP contribution is -2.45. The van der Waals surface area contributed by atoms with Crippen molar-refractivity contribution in [2.75, 3.05) is 13.2 Å². The van der Waals surface area contributed by atoms with Crippen molar-refractivity contribution in [1.82, 2.24) is 5.32 Å². The molecule has 0 radical (unpaired) electrons. The van der Waals surface area contributed by atoms with Crippen molar-refractivity contribution in [2.45, 2.75) is 302 Å². The number of carbonyl (C=O) groups is 2. The van der Waals surface area contributed by atoms with Crippen molar-refractivity contribution >= 4 is 11.9 Å². The van der Waals surface area contributed by atoms with Gasteiger partial charge >= 0.3 is 5.97 Å². The molecule has 0 saturated carbocycles. The number of nitrogens with one attached hydrogen (secondary N) is 1. The third-order valence-corrected chi connectivity index (χ3v) is 12.5. The number of amides is 1. The Morgan fingerprint density at radius 1 is 0.459 bits per heavy atom. The van der Waals surface area contributed by atoms with Crippen LogP contribution in [0.4, 0.5) is 0 Å². The molecule has 6 heteroatoms. The van der Waals surface area contributed by atoms with Gasteiger partial charge in [-0.1, -0.05) is 244 Å². The smallest absolute Gasteiger partial charge is 0.305 e. The van der Waals surface area contributed by atoms with Crippen LogP contribution in [0.5, 0.6) is 0 Å². The molecule has 0 fully saturated rings. The molecule has 0 aliphatic heterocycles. The standard InChI is InChI=1S/C55H105NO5/c1-3-5-7-9-11-13-15-17-21-25-29-33-37-41-45-49-55(60)61-50-46-42-38-34-30-26-23-20-18-19-22-24-28-32-36-40-44-48-54(59)56-52(51-57)53(58)47-43-39-35-31-27-16-14-12-10-8-6-4-2/h11,13,17,21,52-53,57-58H,3-10,12,14-16,18-20,22-51H2,1-2H3,(H,56,59)/b13-11-,21-17-. The summed E-state index contributed by atoms with van der Waals surface area (Å²) in [6.45, 7) is 4.91. The van der Waals surface area contributed by atoms with Crippen LogP contribution in [0.15, 0.2) is 24.3 Å². The molecule has 0 aromatic rings. The van der Waals surface area contributed by atoms with E-state index < -0.39 is 12.1 Å². The molecule has 3 N–H and O–H groups in total. The van der Waals surface area contributed by atoms with Gasteiger partial charge in [0.05, 0.1) is 25.4 Å². The summed E-state index contributed by atoms with van der Waals surface area (Å²) >= 11 is 0. The van der Waals surface area contributed by atoms with E-state index >= 15 is 0 Å². The topological polar surface area (TPSA) is 95.9 Å². The monoisotopic (exact) mass is 860 g/mol. The maximum absolute atomic E-state index is 12.4. The minimum Gasteiger partial charge on any atom is -0.466 e. The number of ether oxygens (including phenoxy) is 1. The van der Waals surface area contributed by atoms with Crippen molar-refractivity contribution in [2.24, 2.45) is 0 Å². The van der Waals surface area contributed by atoms with Gasteiger partial charge in [-0.25, -0.2) is 0 Å². The molecule has 0 aliphatic carbocycles. The van der Waals surface area contributed by atoms with Crippen LogP contribution in [0.2, 0.25) is 0 Å². The van der Waals surface area contributed by atoms with Crippen molar-refractivity contribution in [3.05, 3.63) is 24.3 Å². The highest BCUT2D eigenvalue weighted by atomic mass is 16.5. The largest absolute Gasteiger partial charge is 0.466 e. The highest BCUT2D eigenvalue weighted by molar-refractivity contribution is 5.76. The maximum Gasteiger partial charge on any atom is 0.305 e. The molecule has 0 rings (SSSR count). The number of rotatable bonds is 50. The van der Waals surface area contributed by atoms with Crippen LogP contribution in [0, 0.1) is 0 Å². The zero-order valence-electron chi connectivity index (χ0n) is 40.9. The minimum absolute atomic E-state index is 0.00870. The van der Waals surface area contributed by atoms with E-state index in [9.17, 15) is 19.8 Å². The van der Waals surface area contributed by atoms with Crippen LogP contribution in [-0.4, -0.2) is 47.4 Å². The van der Waals surface area contributed by atoms with Gasteiger partial charge in [0.15, 0.2) is 0 Å². The highest BCUT2D eigenvalue weighted by Crippen LogP contribution is 2.17. The van der Waals surface area contributed by atoms with Gasteiger partial charge < -0.3 is 20.3 Å². The van der Waals surface area contributed by atoms with Gasteiger partial charge in [0.2, 0.25) is 5.91 Å². The summed E-state index contributed by atoms with van der Waals surface area (Å²) in [6, 6.07) is -0.544. The predicted octanol–water partition coefficient (Wildman–Crippen LogP) is 16.3. The molecule has 0 bridgehead atoms. The Bertz CT molecular complexity index is 951. The van der Waals surface area contributed by atoms with Crippen molar-refractivity contribution in [1.29, 1.82) is 0 Å². The molecule has 360 valence electrons. The molecule has 0 spiro atoms. The number of hydrogen-bond acceptors (Lipinski definition) is 5. The summed E-state index contributed by atoms with van der Waals surface area (Å²) in [5, 5.41) is 23.2. The van der Waals surface area contributed by atoms with E-state index in [1.54, 1.807) is 0 Å². The summed E-state index contributed by atoms with van der Waals surface area (Å²) in [7, 11) is 0. The van der Waals surface area contributed by atoms with Crippen LogP contribution in [0.3, 0.4) is 0 Å². The molecule has 61 heavy (non-hydrogen) atoms. The van der Waals surface area contributed by atoms with Crippen molar-refractivity contribution in [3.63, 3.8) is 0 Å². The lowest BCUT2D eigenvalue weighted by molar-refractivity contribution is -0.143. The van der Waals surface area contributed by atoms with Crippen molar-refractivity contribution in [3.8, 4) is 0 Å². The minimum atomic E-state index is -0.667. The summed E-state index contributed by atoms with van der Waals surface area (Å²) in [6.07, 6.45) is 60.1. The van der Waals surface area contributed by atoms with Crippen LogP contribution in [0.1, 0.15) is 290 Å². The van der Waals surface area contributed by atoms with E-state index in [-0.39, 0.29) is 18.5 Å². The second kappa shape index (κ2) is 51.0. The third-order valence-electron chi connectivity index (χ3n) is 12.5. The summed E-state index contributed by atoms with van der Waals surface area (Å²) in [5.41, 5.74) is 0. The molecular formula is C55H105NO5. The molecule has 6 nitrogen and oxygen atoms in total. The summed E-state index contributed by atoms with van der Waals surface area (Å²) in [5.74, 6) is -0.0497. The molecule has 2 unspecified atom stereocenters. The number of unbranched alkanes of at least 4 members (excludes halogenated alkanes) is 35. The van der Waals surface area contributed by atoms with E-state index in [2.05, 4.69) is 43.5 Å². The predicted molar refractivity (Wildman–Crippen MR) is 264 cm³/mol. The SMILES string of the molecule is CCCCC/C=C\C/C=C\CCCCCCCC(=O)OCCCCCCCCCCCCCCCCCCCC(=O)NC(CO)C(O)CCCCCCCCCCCCCC. The lowest BCUT2D eigenvalue weighted by atomic mass is 10.0. The average molecular weight is 860 g/mol. The van der Waals surface area contributed by atoms with Crippen LogP contribution < -0.4 is 5.32 Å². The molecule has 1 amide bonds. The first-order chi connectivity index (χ1) is 30.0. The fourth-order valence-corrected chi connectivity index (χ4v) is 8.32. The fourth-order valence-electron chi connectivity index (χ4n) is 8.32. The number of hydrogen-bond donors (Lipinski definition) is 3. The summed E-state index contributed by atoms with van der Waals surface area (Å²) < 4.78 is 5.46. The summed E-state index contributed by atoms with van der Waals surface area (Å²) in [4.78, 5) is 24.5. The van der Waals surface area contributed by atoms with Gasteiger partial charge in [-0.05, 0) is 57.8 Å². The van der Waals surface area contributed by atoms with E-state index in [0.29, 0.717) is 25.9 Å². The maximum atomic E-state index is 12.4. The molecule has 2 atom stereocenters. The number of aliphatic hydroxyl groups is 2. The Morgan fingerprint density at radius 2 is 0.820 bits per heavy atom. The van der Waals surface area contributed by atoms with E-state index in [0.717, 1.165) is 51.4 Å². The number of carbonyl (C=O) groups excluding carboxylic acids is 2. The Morgan fingerprint density at radius 3 is 1.28 bits per heavy atom. The Hall–Kier alpha value is -1.66. The van der Waals surface area contributed by atoms with E-state index in [4.69, 9.17) is 4.74 Å². The van der Waals surface area contributed by atoms with Crippen LogP contribution in [-0.2, 0) is 14.3 Å². The molecule has 0 aromatic heterocycles. The zero-order chi connectivity index (χ0) is 44.4. The average Bonchev–Trinajstić information content (AvgIpc) is 3.26. The molecular weight excluding hydrogens is 755 g/mol. The van der Waals surface area contributed by atoms with Gasteiger partial charge in [0.1, 0.15) is 0 Å². The quantitative estimate of drug-likeness (QED) is 0.0322. The van der Waals surface area contributed by atoms with Crippen LogP contribution >= 0.6 is 0 Å². The molecule has 0 saturated heterocycles. The second-order valence-corrected chi connectivity index (χ2v) is 18.6. The van der Waals surface area contributed by atoms with E-state index in [1.807, 2.05) is 0 Å². The van der Waals surface area contributed by atoms with Crippen LogP contribution in [0.25, 0.3) is 0 Å². The number of aliphatic hydroxyl groups excluding tert-OH is 2. The number of allylic oxidation sites excluding steroid dienone is 4. The first-order valence-electron chi connectivity index (χ1n) is 27.1. The molecule has 0 aromatic carbocycles. The number of esters is 1. The second-order valence-electron chi connectivity index (χ2n) is 18.6. The van der Waals surface area contributed by atoms with E-state index in [1.165, 1.54) is 205 Å². The first-order valence-corrected chi connectivity index (χ1v) is 27.1. The highest BCUT2D eigenvalue weighted by Gasteiger charge is 2.20. The normalized spacial score (nSPS) is 12.8. The van der Waals surface area contributed by atoms with Crippen molar-refractivity contribution < 1.29 is 24.5 Å². The fraction of sp³-hybridized carbons (Fsp3) is 0.891. The van der Waals surface area contributed by atoms with Gasteiger partial charge in [-0.2, -0.15) is 0 Å². The molecule has 0 heterocycles. The molecule has 0 aliphatic rings. The third kappa shape index (κ3) is 47.7. The van der Waals surface area contributed by atoms with Gasteiger partial charge in [0.25, 0.3) is 0 Å². The Kier molecular flexibility index (Phi) is 49.6. The Labute approximate surface area is 380 Å². The Balaban J connectivity index is 3.41. The van der Waals surface area contributed by atoms with Gasteiger partial charge in [0, 0.05) is 12.8 Å². The lowest BCUT2D eigenvalue weighted by Gasteiger charge is -2.22. The first kappa shape index (κ1) is 59.3. The van der Waals surface area contributed by atoms with Gasteiger partial charge in [-0.15, -0.1) is 0 Å². The zero-order valence-corrected chi connectivity index (χ0v) is 40.9. The van der Waals surface area contributed by atoms with Gasteiger partial charge in [-0.3, -0.25) is 9.59 Å².